The Morgan fingerprint density at radius 1 is 1.31 bits per heavy atom. The molecule has 0 radical (unpaired) electrons. The molecule has 1 atom stereocenters. The summed E-state index contributed by atoms with van der Waals surface area (Å²) in [5, 5.41) is 9.01. The fraction of sp³-hybridized carbons (Fsp3) is 0.333. The van der Waals surface area contributed by atoms with E-state index in [1.54, 1.807) is 26.0 Å². The largest absolute Gasteiger partial charge is 0.772 e. The third-order valence-electron chi connectivity index (χ3n) is 1.98. The Morgan fingerprint density at radius 2 is 1.77 bits per heavy atom. The van der Waals surface area contributed by atoms with E-state index in [2.05, 4.69) is 0 Å². The van der Waals surface area contributed by atoms with Crippen LogP contribution in [0.2, 0.25) is 0 Å². The average molecular weight is 199 g/mol. The maximum atomic E-state index is 10.8. The molecular weight excluding hydrogens is 188 g/mol. The Morgan fingerprint density at radius 3 is 2.15 bits per heavy atom. The first-order valence-electron chi connectivity index (χ1n) is 3.83. The Bertz CT molecular complexity index is 316. The summed E-state index contributed by atoms with van der Waals surface area (Å²) >= 11 is -2.17. The van der Waals surface area contributed by atoms with Gasteiger partial charge in [-0.15, -0.1) is 0 Å². The van der Waals surface area contributed by atoms with E-state index < -0.39 is 15.8 Å². The van der Waals surface area contributed by atoms with Crippen molar-refractivity contribution in [3.05, 3.63) is 29.8 Å². The molecule has 0 aliphatic rings. The van der Waals surface area contributed by atoms with E-state index in [1.807, 2.05) is 0 Å². The van der Waals surface area contributed by atoms with Crippen molar-refractivity contribution in [1.82, 2.24) is 0 Å². The van der Waals surface area contributed by atoms with E-state index >= 15 is 0 Å². The minimum absolute atomic E-state index is 0.135. The molecule has 13 heavy (non-hydrogen) atoms. The van der Waals surface area contributed by atoms with Gasteiger partial charge in [0.05, 0.1) is 4.75 Å². The lowest BCUT2D eigenvalue weighted by molar-refractivity contribution is 0.473. The highest BCUT2D eigenvalue weighted by atomic mass is 32.2. The van der Waals surface area contributed by atoms with Crippen molar-refractivity contribution in [2.75, 3.05) is 0 Å². The minimum Gasteiger partial charge on any atom is -0.772 e. The van der Waals surface area contributed by atoms with Crippen molar-refractivity contribution in [2.24, 2.45) is 0 Å². The summed E-state index contributed by atoms with van der Waals surface area (Å²) in [7, 11) is 0. The second-order valence-corrected chi connectivity index (χ2v) is 4.78. The average Bonchev–Trinajstić information content (AvgIpc) is 2.04. The van der Waals surface area contributed by atoms with Crippen LogP contribution in [0, 0.1) is 0 Å². The molecular formula is C9H11O3S-. The molecule has 0 fully saturated rings. The van der Waals surface area contributed by atoms with Crippen LogP contribution in [0.25, 0.3) is 0 Å². The van der Waals surface area contributed by atoms with Gasteiger partial charge in [0.1, 0.15) is 5.75 Å². The van der Waals surface area contributed by atoms with E-state index in [9.17, 15) is 8.76 Å². The standard InChI is InChI=1S/C9H12O3S/c1-9(2,13(11)12)7-3-5-8(10)6-4-7/h3-6,10H,1-2H3,(H,11,12)/p-1. The molecule has 0 saturated carbocycles. The van der Waals surface area contributed by atoms with Crippen LogP contribution in [0.1, 0.15) is 19.4 Å². The van der Waals surface area contributed by atoms with Gasteiger partial charge in [-0.05, 0) is 42.6 Å². The fourth-order valence-electron chi connectivity index (χ4n) is 0.959. The predicted molar refractivity (Wildman–Crippen MR) is 50.1 cm³/mol. The summed E-state index contributed by atoms with van der Waals surface area (Å²) in [4.78, 5) is 0. The molecule has 1 rings (SSSR count). The first-order valence-corrected chi connectivity index (χ1v) is 4.91. The van der Waals surface area contributed by atoms with Gasteiger partial charge in [0.15, 0.2) is 0 Å². The van der Waals surface area contributed by atoms with Crippen LogP contribution in [-0.2, 0) is 15.8 Å². The quantitative estimate of drug-likeness (QED) is 0.734. The van der Waals surface area contributed by atoms with Crippen molar-refractivity contribution in [3.8, 4) is 5.75 Å². The molecule has 0 aliphatic carbocycles. The van der Waals surface area contributed by atoms with Crippen molar-refractivity contribution in [3.63, 3.8) is 0 Å². The van der Waals surface area contributed by atoms with Crippen LogP contribution < -0.4 is 0 Å². The number of benzene rings is 1. The molecule has 4 heteroatoms. The maximum Gasteiger partial charge on any atom is 0.115 e. The first kappa shape index (κ1) is 10.2. The van der Waals surface area contributed by atoms with Crippen LogP contribution in [0.15, 0.2) is 24.3 Å². The van der Waals surface area contributed by atoms with E-state index in [0.717, 1.165) is 0 Å². The van der Waals surface area contributed by atoms with E-state index in [4.69, 9.17) is 5.11 Å². The molecule has 1 aromatic rings. The van der Waals surface area contributed by atoms with Gasteiger partial charge in [-0.1, -0.05) is 12.1 Å². The third-order valence-corrected chi connectivity index (χ3v) is 3.05. The smallest absolute Gasteiger partial charge is 0.115 e. The fourth-order valence-corrected chi connectivity index (χ4v) is 1.29. The molecule has 1 unspecified atom stereocenters. The van der Waals surface area contributed by atoms with E-state index in [0.29, 0.717) is 5.56 Å². The van der Waals surface area contributed by atoms with Crippen molar-refractivity contribution >= 4 is 11.1 Å². The molecule has 0 saturated heterocycles. The van der Waals surface area contributed by atoms with Gasteiger partial charge in [-0.3, -0.25) is 4.21 Å². The number of rotatable bonds is 2. The highest BCUT2D eigenvalue weighted by Crippen LogP contribution is 2.27. The number of aromatic hydroxyl groups is 1. The van der Waals surface area contributed by atoms with Crippen molar-refractivity contribution < 1.29 is 13.9 Å². The van der Waals surface area contributed by atoms with Gasteiger partial charge in [0, 0.05) is 0 Å². The summed E-state index contributed by atoms with van der Waals surface area (Å²) in [6.45, 7) is 3.23. The molecule has 0 amide bonds. The van der Waals surface area contributed by atoms with Crippen molar-refractivity contribution in [2.45, 2.75) is 18.6 Å². The summed E-state index contributed by atoms with van der Waals surface area (Å²) in [5.41, 5.74) is 0.665. The van der Waals surface area contributed by atoms with Gasteiger partial charge >= 0.3 is 0 Å². The zero-order valence-corrected chi connectivity index (χ0v) is 8.30. The highest BCUT2D eigenvalue weighted by molar-refractivity contribution is 7.80. The van der Waals surface area contributed by atoms with E-state index in [1.165, 1.54) is 12.1 Å². The van der Waals surface area contributed by atoms with Gasteiger partial charge in [0.2, 0.25) is 0 Å². The zero-order chi connectivity index (χ0) is 10.1. The second-order valence-electron chi connectivity index (χ2n) is 3.29. The Balaban J connectivity index is 3.08. The third kappa shape index (κ3) is 2.08. The minimum atomic E-state index is -2.17. The normalized spacial score (nSPS) is 14.1. The van der Waals surface area contributed by atoms with Gasteiger partial charge in [0.25, 0.3) is 0 Å². The summed E-state index contributed by atoms with van der Waals surface area (Å²) in [5.74, 6) is 0.135. The molecule has 0 spiro atoms. The molecule has 0 bridgehead atoms. The second kappa shape index (κ2) is 3.47. The first-order chi connectivity index (χ1) is 5.94. The lowest BCUT2D eigenvalue weighted by Crippen LogP contribution is -2.23. The highest BCUT2D eigenvalue weighted by Gasteiger charge is 2.21. The SMILES string of the molecule is CC(C)(c1ccc(O)cc1)S(=O)[O-]. The molecule has 1 aromatic carbocycles. The number of phenols is 1. The molecule has 1 N–H and O–H groups in total. The lowest BCUT2D eigenvalue weighted by atomic mass is 10.0. The predicted octanol–water partition coefficient (Wildman–Crippen LogP) is 1.51. The Kier molecular flexibility index (Phi) is 2.73. The van der Waals surface area contributed by atoms with Crippen LogP contribution in [0.3, 0.4) is 0 Å². The van der Waals surface area contributed by atoms with Gasteiger partial charge < -0.3 is 9.66 Å². The Labute approximate surface area is 79.7 Å². The number of phenolic OH excluding ortho intramolecular Hbond substituents is 1. The van der Waals surface area contributed by atoms with Gasteiger partial charge in [-0.25, -0.2) is 0 Å². The summed E-state index contributed by atoms with van der Waals surface area (Å²) in [6.07, 6.45) is 0. The zero-order valence-electron chi connectivity index (χ0n) is 7.48. The number of hydrogen-bond donors (Lipinski definition) is 1. The van der Waals surface area contributed by atoms with E-state index in [-0.39, 0.29) is 5.75 Å². The molecule has 0 aliphatic heterocycles. The van der Waals surface area contributed by atoms with Crippen LogP contribution in [0.4, 0.5) is 0 Å². The molecule has 72 valence electrons. The summed E-state index contributed by atoms with van der Waals surface area (Å²) < 4.78 is 20.8. The monoisotopic (exact) mass is 199 g/mol. The maximum absolute atomic E-state index is 10.8. The van der Waals surface area contributed by atoms with Crippen LogP contribution in [0.5, 0.6) is 5.75 Å². The molecule has 0 heterocycles. The molecule has 3 nitrogen and oxygen atoms in total. The number of hydrogen-bond acceptors (Lipinski definition) is 3. The van der Waals surface area contributed by atoms with Crippen molar-refractivity contribution in [1.29, 1.82) is 0 Å². The van der Waals surface area contributed by atoms with Crippen LogP contribution in [-0.4, -0.2) is 13.9 Å². The van der Waals surface area contributed by atoms with Crippen LogP contribution >= 0.6 is 0 Å². The topological polar surface area (TPSA) is 60.4 Å². The summed E-state index contributed by atoms with van der Waals surface area (Å²) in [6, 6.07) is 6.16. The molecule has 0 aromatic heterocycles. The Hall–Kier alpha value is -0.870. The van der Waals surface area contributed by atoms with Gasteiger partial charge in [-0.2, -0.15) is 0 Å². The lowest BCUT2D eigenvalue weighted by Gasteiger charge is -2.27.